The van der Waals surface area contributed by atoms with Gasteiger partial charge in [0.2, 0.25) is 0 Å². The molecule has 1 aromatic heterocycles. The van der Waals surface area contributed by atoms with Crippen molar-refractivity contribution < 1.29 is 9.72 Å². The van der Waals surface area contributed by atoms with E-state index in [4.69, 9.17) is 0 Å². The van der Waals surface area contributed by atoms with Gasteiger partial charge in [-0.25, -0.2) is 0 Å². The third-order valence-corrected chi connectivity index (χ3v) is 2.42. The van der Waals surface area contributed by atoms with Gasteiger partial charge in [0, 0.05) is 17.7 Å². The zero-order chi connectivity index (χ0) is 13.8. The normalized spacial score (nSPS) is 11.8. The Morgan fingerprint density at radius 1 is 1.53 bits per heavy atom. The fourth-order valence-electron chi connectivity index (χ4n) is 1.46. The molecule has 19 heavy (non-hydrogen) atoms. The van der Waals surface area contributed by atoms with Crippen molar-refractivity contribution in [1.29, 1.82) is 0 Å². The van der Waals surface area contributed by atoms with Crippen molar-refractivity contribution >= 4 is 11.6 Å². The quantitative estimate of drug-likeness (QED) is 0.613. The molecule has 0 bridgehead atoms. The van der Waals surface area contributed by atoms with Gasteiger partial charge in [-0.3, -0.25) is 14.9 Å². The van der Waals surface area contributed by atoms with E-state index < -0.39 is 16.9 Å². The highest BCUT2D eigenvalue weighted by molar-refractivity contribution is 5.94. The van der Waals surface area contributed by atoms with E-state index in [0.717, 1.165) is 0 Å². The third-order valence-electron chi connectivity index (χ3n) is 2.42. The number of aromatic amines is 1. The molecule has 2 N–H and O–H groups in total. The number of rotatable bonds is 4. The van der Waals surface area contributed by atoms with Gasteiger partial charge in [-0.15, -0.1) is 10.2 Å². The number of carbonyl (C=O) groups is 1. The summed E-state index contributed by atoms with van der Waals surface area (Å²) in [5.74, 6) is -0.111. The maximum atomic E-state index is 11.9. The molecule has 0 aliphatic carbocycles. The SMILES string of the molecule is CC(NC(=O)c1cccc([N+](=O)[O-])c1)c1nn[nH]n1. The number of hydrogen-bond donors (Lipinski definition) is 2. The topological polar surface area (TPSA) is 127 Å². The predicted molar refractivity (Wildman–Crippen MR) is 63.2 cm³/mol. The van der Waals surface area contributed by atoms with Crippen molar-refractivity contribution in [2.24, 2.45) is 0 Å². The van der Waals surface area contributed by atoms with Crippen molar-refractivity contribution in [2.75, 3.05) is 0 Å². The lowest BCUT2D eigenvalue weighted by Crippen LogP contribution is -2.27. The molecule has 0 spiro atoms. The summed E-state index contributed by atoms with van der Waals surface area (Å²) in [6.07, 6.45) is 0. The van der Waals surface area contributed by atoms with Gasteiger partial charge in [0.15, 0.2) is 5.82 Å². The van der Waals surface area contributed by atoms with Crippen LogP contribution in [-0.2, 0) is 0 Å². The molecule has 98 valence electrons. The standard InChI is InChI=1S/C10H10N6O3/c1-6(9-12-14-15-13-9)11-10(17)7-3-2-4-8(5-7)16(18)19/h2-6H,1H3,(H,11,17)(H,12,13,14,15). The highest BCUT2D eigenvalue weighted by Crippen LogP contribution is 2.14. The molecule has 0 saturated heterocycles. The van der Waals surface area contributed by atoms with Crippen LogP contribution in [0.5, 0.6) is 0 Å². The fraction of sp³-hybridized carbons (Fsp3) is 0.200. The molecule has 2 aromatic rings. The number of nitro benzene ring substituents is 1. The second-order valence-corrected chi connectivity index (χ2v) is 3.77. The Bertz CT molecular complexity index is 597. The van der Waals surface area contributed by atoms with Gasteiger partial charge >= 0.3 is 0 Å². The van der Waals surface area contributed by atoms with Crippen LogP contribution in [0.1, 0.15) is 29.1 Å². The number of nitro groups is 1. The van der Waals surface area contributed by atoms with E-state index >= 15 is 0 Å². The summed E-state index contributed by atoms with van der Waals surface area (Å²) in [6.45, 7) is 1.68. The van der Waals surface area contributed by atoms with Gasteiger partial charge in [-0.2, -0.15) is 5.21 Å². The number of hydrogen-bond acceptors (Lipinski definition) is 6. The van der Waals surface area contributed by atoms with Gasteiger partial charge < -0.3 is 5.32 Å². The number of nitrogens with one attached hydrogen (secondary N) is 2. The van der Waals surface area contributed by atoms with Crippen LogP contribution in [0.2, 0.25) is 0 Å². The number of amides is 1. The Hall–Kier alpha value is -2.84. The first-order chi connectivity index (χ1) is 9.08. The number of aromatic nitrogens is 4. The number of benzene rings is 1. The minimum atomic E-state index is -0.556. The largest absolute Gasteiger partial charge is 0.342 e. The van der Waals surface area contributed by atoms with Crippen LogP contribution in [0.25, 0.3) is 0 Å². The van der Waals surface area contributed by atoms with Crippen LogP contribution >= 0.6 is 0 Å². The Kier molecular flexibility index (Phi) is 3.46. The first kappa shape index (κ1) is 12.6. The lowest BCUT2D eigenvalue weighted by atomic mass is 10.2. The highest BCUT2D eigenvalue weighted by atomic mass is 16.6. The molecule has 9 heteroatoms. The van der Waals surface area contributed by atoms with Crippen LogP contribution in [-0.4, -0.2) is 31.5 Å². The van der Waals surface area contributed by atoms with Crippen molar-refractivity contribution in [3.63, 3.8) is 0 Å². The smallest absolute Gasteiger partial charge is 0.270 e. The Labute approximate surface area is 107 Å². The highest BCUT2D eigenvalue weighted by Gasteiger charge is 2.16. The van der Waals surface area contributed by atoms with E-state index in [1.54, 1.807) is 6.92 Å². The molecule has 0 aliphatic heterocycles. The van der Waals surface area contributed by atoms with Crippen LogP contribution in [0.3, 0.4) is 0 Å². The summed E-state index contributed by atoms with van der Waals surface area (Å²) in [4.78, 5) is 22.0. The second kappa shape index (κ2) is 5.21. The van der Waals surface area contributed by atoms with Crippen molar-refractivity contribution in [2.45, 2.75) is 13.0 Å². The number of H-pyrrole nitrogens is 1. The molecule has 0 saturated carbocycles. The molecule has 1 atom stereocenters. The Balaban J connectivity index is 2.12. The van der Waals surface area contributed by atoms with Crippen LogP contribution in [0.4, 0.5) is 5.69 Å². The van der Waals surface area contributed by atoms with E-state index in [0.29, 0.717) is 5.82 Å². The summed E-state index contributed by atoms with van der Waals surface area (Å²) in [7, 11) is 0. The van der Waals surface area contributed by atoms with Crippen LogP contribution in [0, 0.1) is 10.1 Å². The predicted octanol–water partition coefficient (Wildman–Crippen LogP) is 0.599. The second-order valence-electron chi connectivity index (χ2n) is 3.77. The lowest BCUT2D eigenvalue weighted by Gasteiger charge is -2.09. The van der Waals surface area contributed by atoms with E-state index in [9.17, 15) is 14.9 Å². The molecule has 9 nitrogen and oxygen atoms in total. The van der Waals surface area contributed by atoms with Crippen molar-refractivity contribution in [3.8, 4) is 0 Å². The summed E-state index contributed by atoms with van der Waals surface area (Å²) in [5.41, 5.74) is 0.0596. The lowest BCUT2D eigenvalue weighted by molar-refractivity contribution is -0.384. The molecule has 1 aromatic carbocycles. The molecule has 1 heterocycles. The zero-order valence-corrected chi connectivity index (χ0v) is 9.90. The molecule has 2 rings (SSSR count). The molecular formula is C10H10N6O3. The molecule has 0 aliphatic rings. The maximum absolute atomic E-state index is 11.9. The summed E-state index contributed by atoms with van der Waals surface area (Å²) >= 11 is 0. The maximum Gasteiger partial charge on any atom is 0.270 e. The molecule has 0 fully saturated rings. The average molecular weight is 262 g/mol. The van der Waals surface area contributed by atoms with Gasteiger partial charge in [0.1, 0.15) is 0 Å². The van der Waals surface area contributed by atoms with Gasteiger partial charge in [0.25, 0.3) is 11.6 Å². The van der Waals surface area contributed by atoms with Gasteiger partial charge in [0.05, 0.1) is 11.0 Å². The zero-order valence-electron chi connectivity index (χ0n) is 9.90. The van der Waals surface area contributed by atoms with E-state index in [-0.39, 0.29) is 11.3 Å². The van der Waals surface area contributed by atoms with Crippen LogP contribution < -0.4 is 5.32 Å². The molecular weight excluding hydrogens is 252 g/mol. The van der Waals surface area contributed by atoms with Crippen molar-refractivity contribution in [3.05, 3.63) is 45.8 Å². The first-order valence-corrected chi connectivity index (χ1v) is 5.36. The van der Waals surface area contributed by atoms with Gasteiger partial charge in [-0.1, -0.05) is 11.3 Å². The Morgan fingerprint density at radius 2 is 2.32 bits per heavy atom. The van der Waals surface area contributed by atoms with Gasteiger partial charge in [-0.05, 0) is 13.0 Å². The van der Waals surface area contributed by atoms with E-state index in [1.807, 2.05) is 0 Å². The van der Waals surface area contributed by atoms with Crippen molar-refractivity contribution in [1.82, 2.24) is 25.9 Å². The van der Waals surface area contributed by atoms with Crippen LogP contribution in [0.15, 0.2) is 24.3 Å². The summed E-state index contributed by atoms with van der Waals surface area (Å²) < 4.78 is 0. The minimum absolute atomic E-state index is 0.139. The van der Waals surface area contributed by atoms with E-state index in [1.165, 1.54) is 24.3 Å². The summed E-state index contributed by atoms with van der Waals surface area (Å²) in [5, 5.41) is 26.4. The average Bonchev–Trinajstić information content (AvgIpc) is 2.92. The summed E-state index contributed by atoms with van der Waals surface area (Å²) in [6, 6.07) is 5.01. The Morgan fingerprint density at radius 3 is 2.95 bits per heavy atom. The number of non-ortho nitro benzene ring substituents is 1. The number of tetrazole rings is 1. The number of nitrogens with zero attached hydrogens (tertiary/aromatic N) is 4. The third kappa shape index (κ3) is 2.89. The minimum Gasteiger partial charge on any atom is -0.342 e. The molecule has 1 amide bonds. The van der Waals surface area contributed by atoms with E-state index in [2.05, 4.69) is 25.9 Å². The number of carbonyl (C=O) groups excluding carboxylic acids is 1. The molecule has 1 unspecified atom stereocenters. The fourth-order valence-corrected chi connectivity index (χ4v) is 1.46. The monoisotopic (exact) mass is 262 g/mol. The first-order valence-electron chi connectivity index (χ1n) is 5.36. The molecule has 0 radical (unpaired) electrons.